The Labute approximate surface area is 57.1 Å². The minimum Gasteiger partial charge on any atom is -0.306 e. The molecule has 1 heterocycles. The lowest BCUT2D eigenvalue weighted by molar-refractivity contribution is 1.36. The number of nitrogens with zero attached hydrogens (tertiary/aromatic N) is 1. The summed E-state index contributed by atoms with van der Waals surface area (Å²) in [6.07, 6.45) is 1.25. The Morgan fingerprint density at radius 1 is 1.88 bits per heavy atom. The summed E-state index contributed by atoms with van der Waals surface area (Å²) in [6, 6.07) is 0. The van der Waals surface area contributed by atoms with Gasteiger partial charge in [0.1, 0.15) is 0 Å². The van der Waals surface area contributed by atoms with E-state index in [0.29, 0.717) is 8.19 Å². The fraction of sp³-hybridized carbons (Fsp3) is 0. The molecule has 0 aromatic carbocycles. The highest BCUT2D eigenvalue weighted by molar-refractivity contribution is 9.11. The van der Waals surface area contributed by atoms with Crippen molar-refractivity contribution < 1.29 is 0 Å². The molecule has 1 aromatic rings. The molecule has 1 atom stereocenters. The molecule has 0 spiro atoms. The lowest BCUT2D eigenvalue weighted by atomic mass is 10.6. The summed E-state index contributed by atoms with van der Waals surface area (Å²) in [7, 11) is 0.623. The first-order chi connectivity index (χ1) is 3.84. The van der Waals surface area contributed by atoms with Gasteiger partial charge in [-0.2, -0.15) is 0 Å². The van der Waals surface area contributed by atoms with Gasteiger partial charge in [0, 0.05) is 12.1 Å². The zero-order valence-electron chi connectivity index (χ0n) is 3.98. The zero-order valence-corrected chi connectivity index (χ0v) is 6.57. The molecule has 4 heteroatoms. The summed E-state index contributed by atoms with van der Waals surface area (Å²) < 4.78 is 1.03. The van der Waals surface area contributed by atoms with E-state index in [1.54, 1.807) is 0 Å². The van der Waals surface area contributed by atoms with E-state index < -0.39 is 0 Å². The highest BCUT2D eigenvalue weighted by atomic mass is 79.9. The predicted molar refractivity (Wildman–Crippen MR) is 39.3 cm³/mol. The molecule has 0 bridgehead atoms. The molecule has 1 N–H and O–H groups in total. The number of nitrogens with one attached hydrogen (secondary N) is 1. The third-order valence-corrected chi connectivity index (χ3v) is 2.62. The Morgan fingerprint density at radius 3 is 2.88 bits per heavy atom. The first-order valence-electron chi connectivity index (χ1n) is 2.04. The van der Waals surface area contributed by atoms with Gasteiger partial charge in [-0.15, -0.1) is 8.19 Å². The van der Waals surface area contributed by atoms with Gasteiger partial charge in [-0.05, 0) is 15.9 Å². The van der Waals surface area contributed by atoms with Crippen LogP contribution >= 0.6 is 24.1 Å². The van der Waals surface area contributed by atoms with Crippen LogP contribution in [0.5, 0.6) is 0 Å². The molecule has 1 rings (SSSR count). The fourth-order valence-corrected chi connectivity index (χ4v) is 1.52. The van der Waals surface area contributed by atoms with Gasteiger partial charge < -0.3 is 5.41 Å². The zero-order chi connectivity index (χ0) is 5.98. The smallest absolute Gasteiger partial charge is 0.0988 e. The number of hydrogen-bond donors (Lipinski definition) is 1. The van der Waals surface area contributed by atoms with Gasteiger partial charge in [0.25, 0.3) is 0 Å². The number of aromatic nitrogens is 1. The number of hydrogen-bond acceptors (Lipinski definition) is 2. The van der Waals surface area contributed by atoms with Crippen molar-refractivity contribution in [2.75, 3.05) is 0 Å². The molecule has 0 radical (unpaired) electrons. The average Bonchev–Trinajstić information content (AvgIpc) is 2.14. The highest BCUT2D eigenvalue weighted by Crippen LogP contribution is 2.23. The van der Waals surface area contributed by atoms with Crippen LogP contribution in [0.2, 0.25) is 0 Å². The molecular formula is C4H4BrN2P. The van der Waals surface area contributed by atoms with Crippen LogP contribution in [0, 0.1) is 5.41 Å². The summed E-state index contributed by atoms with van der Waals surface area (Å²) >= 11 is 3.28. The fourth-order valence-electron chi connectivity index (χ4n) is 0.390. The first kappa shape index (κ1) is 5.99. The van der Waals surface area contributed by atoms with Crippen LogP contribution in [0.3, 0.4) is 0 Å². The van der Waals surface area contributed by atoms with Crippen LogP contribution in [-0.4, -0.2) is 11.2 Å². The molecule has 0 amide bonds. The molecular weight excluding hydrogens is 187 g/mol. The van der Waals surface area contributed by atoms with Crippen molar-refractivity contribution >= 4 is 30.3 Å². The van der Waals surface area contributed by atoms with Gasteiger partial charge in [-0.25, -0.2) is 4.98 Å². The van der Waals surface area contributed by atoms with Crippen LogP contribution in [0.1, 0.15) is 5.69 Å². The lowest BCUT2D eigenvalue weighted by Gasteiger charge is -1.78. The lowest BCUT2D eigenvalue weighted by Crippen LogP contribution is -1.75. The van der Waals surface area contributed by atoms with Crippen molar-refractivity contribution in [3.8, 4) is 0 Å². The average molecular weight is 191 g/mol. The molecule has 0 aliphatic rings. The van der Waals surface area contributed by atoms with E-state index in [1.165, 1.54) is 6.21 Å². The minimum atomic E-state index is 0.623. The van der Waals surface area contributed by atoms with Crippen LogP contribution < -0.4 is 0 Å². The van der Waals surface area contributed by atoms with Crippen LogP contribution in [0.4, 0.5) is 0 Å². The number of rotatable bonds is 1. The maximum atomic E-state index is 6.81. The second-order valence-electron chi connectivity index (χ2n) is 1.25. The summed E-state index contributed by atoms with van der Waals surface area (Å²) in [5.41, 5.74) is 0.753. The van der Waals surface area contributed by atoms with Gasteiger partial charge in [-0.1, -0.05) is 0 Å². The first-order valence-corrected chi connectivity index (χ1v) is 3.91. The second kappa shape index (κ2) is 2.42. The normalized spacial score (nSPS) is 10.1. The number of halogens is 1. The van der Waals surface area contributed by atoms with Crippen molar-refractivity contribution in [2.24, 2.45) is 0 Å². The van der Waals surface area contributed by atoms with E-state index in [2.05, 4.69) is 20.9 Å². The molecule has 0 aliphatic carbocycles. The van der Waals surface area contributed by atoms with Gasteiger partial charge in [0.15, 0.2) is 0 Å². The van der Waals surface area contributed by atoms with E-state index >= 15 is 0 Å². The van der Waals surface area contributed by atoms with E-state index in [1.807, 2.05) is 5.93 Å². The van der Waals surface area contributed by atoms with Crippen molar-refractivity contribution in [2.45, 2.75) is 0 Å². The predicted octanol–water partition coefficient (Wildman–Crippen LogP) is 1.87. The molecule has 0 fully saturated rings. The molecule has 2 nitrogen and oxygen atoms in total. The van der Waals surface area contributed by atoms with Gasteiger partial charge >= 0.3 is 0 Å². The molecule has 0 saturated heterocycles. The quantitative estimate of drug-likeness (QED) is 0.675. The molecule has 42 valence electrons. The van der Waals surface area contributed by atoms with Crippen LogP contribution in [0.25, 0.3) is 0 Å². The SMILES string of the molecule is N=Cc1nc[pH]c1Br. The summed E-state index contributed by atoms with van der Waals surface area (Å²) in [5.74, 6) is 1.81. The van der Waals surface area contributed by atoms with Crippen LogP contribution in [-0.2, 0) is 0 Å². The van der Waals surface area contributed by atoms with Crippen molar-refractivity contribution in [1.82, 2.24) is 4.98 Å². The van der Waals surface area contributed by atoms with E-state index in [9.17, 15) is 0 Å². The standard InChI is InChI=1S/C4H4BrN2P/c5-4-3(1-6)7-2-8-4/h1-2,6,8H. The molecule has 0 aliphatic heterocycles. The van der Waals surface area contributed by atoms with E-state index in [0.717, 1.165) is 9.90 Å². The summed E-state index contributed by atoms with van der Waals surface area (Å²) in [6.45, 7) is 0. The Morgan fingerprint density at radius 2 is 2.62 bits per heavy atom. The third kappa shape index (κ3) is 0.984. The topological polar surface area (TPSA) is 36.7 Å². The monoisotopic (exact) mass is 190 g/mol. The van der Waals surface area contributed by atoms with Gasteiger partial charge in [0.2, 0.25) is 0 Å². The molecule has 1 unspecified atom stereocenters. The third-order valence-electron chi connectivity index (χ3n) is 0.757. The van der Waals surface area contributed by atoms with Gasteiger partial charge in [0.05, 0.1) is 9.90 Å². The van der Waals surface area contributed by atoms with Crippen LogP contribution in [0.15, 0.2) is 10.1 Å². The molecule has 8 heavy (non-hydrogen) atoms. The van der Waals surface area contributed by atoms with E-state index in [-0.39, 0.29) is 0 Å². The maximum Gasteiger partial charge on any atom is 0.0988 e. The Balaban J connectivity index is 3.09. The van der Waals surface area contributed by atoms with Crippen molar-refractivity contribution in [1.29, 1.82) is 5.41 Å². The minimum absolute atomic E-state index is 0.623. The van der Waals surface area contributed by atoms with Gasteiger partial charge in [-0.3, -0.25) is 0 Å². The molecule has 1 aromatic heterocycles. The second-order valence-corrected chi connectivity index (χ2v) is 3.82. The molecule has 0 saturated carbocycles. The summed E-state index contributed by atoms with van der Waals surface area (Å²) in [4.78, 5) is 3.91. The maximum absolute atomic E-state index is 6.81. The largest absolute Gasteiger partial charge is 0.306 e. The summed E-state index contributed by atoms with van der Waals surface area (Å²) in [5, 5.41) is 6.81. The Kier molecular flexibility index (Phi) is 1.81. The highest BCUT2D eigenvalue weighted by Gasteiger charge is 1.93. The van der Waals surface area contributed by atoms with E-state index in [4.69, 9.17) is 5.41 Å². The Hall–Kier alpha value is -0.140. The van der Waals surface area contributed by atoms with Crippen molar-refractivity contribution in [3.63, 3.8) is 0 Å². The van der Waals surface area contributed by atoms with Crippen molar-refractivity contribution in [3.05, 3.63) is 15.8 Å². The Bertz CT molecular complexity index is 196.